The Hall–Kier alpha value is -9.30. The van der Waals surface area contributed by atoms with Crippen LogP contribution in [0.1, 0.15) is 22.3 Å². The maximum absolute atomic E-state index is 2.58. The number of fused-ring (bicyclic) bond motifs is 17. The molecule has 0 saturated heterocycles. The predicted molar refractivity (Wildman–Crippen MR) is 304 cm³/mol. The highest BCUT2D eigenvalue weighted by Gasteiger charge is 2.52. The highest BCUT2D eigenvalue weighted by molar-refractivity contribution is 6.26. The van der Waals surface area contributed by atoms with E-state index < -0.39 is 5.41 Å². The molecule has 0 bridgehead atoms. The quantitative estimate of drug-likeness (QED) is 0.150. The fourth-order valence-corrected chi connectivity index (χ4v) is 12.8. The van der Waals surface area contributed by atoms with Crippen molar-refractivity contribution in [3.8, 4) is 55.6 Å². The fourth-order valence-electron chi connectivity index (χ4n) is 12.8. The molecule has 72 heavy (non-hydrogen) atoms. The molecule has 13 aromatic rings. The topological polar surface area (TPSA) is 3.24 Å². The molecule has 2 aliphatic carbocycles. The first-order chi connectivity index (χ1) is 35.7. The van der Waals surface area contributed by atoms with Crippen LogP contribution in [0, 0.1) is 0 Å². The Balaban J connectivity index is 1.06. The summed E-state index contributed by atoms with van der Waals surface area (Å²) in [7, 11) is 0. The van der Waals surface area contributed by atoms with Crippen molar-refractivity contribution in [1.82, 2.24) is 0 Å². The molecule has 0 aliphatic heterocycles. The van der Waals surface area contributed by atoms with Gasteiger partial charge in [0, 0.05) is 16.9 Å². The number of hydrogen-bond donors (Lipinski definition) is 0. The lowest BCUT2D eigenvalue weighted by Crippen LogP contribution is -2.26. The molecule has 0 fully saturated rings. The molecule has 0 saturated carbocycles. The van der Waals surface area contributed by atoms with Gasteiger partial charge in [-0.05, 0) is 152 Å². The minimum Gasteiger partial charge on any atom is -0.310 e. The molecule has 334 valence electrons. The monoisotopic (exact) mass is 911 g/mol. The molecule has 1 nitrogen and oxygen atoms in total. The number of rotatable bonds is 6. The summed E-state index contributed by atoms with van der Waals surface area (Å²) in [6.45, 7) is 0. The third-order valence-corrected chi connectivity index (χ3v) is 15.9. The van der Waals surface area contributed by atoms with Crippen molar-refractivity contribution in [3.05, 3.63) is 295 Å². The average Bonchev–Trinajstić information content (AvgIpc) is 3.92. The van der Waals surface area contributed by atoms with E-state index >= 15 is 0 Å². The molecule has 1 spiro atoms. The lowest BCUT2D eigenvalue weighted by Gasteiger charge is -2.33. The van der Waals surface area contributed by atoms with Crippen LogP contribution >= 0.6 is 0 Å². The number of hydrogen-bond acceptors (Lipinski definition) is 1. The summed E-state index contributed by atoms with van der Waals surface area (Å²) in [5.74, 6) is 0. The Morgan fingerprint density at radius 2 is 0.653 bits per heavy atom. The zero-order valence-corrected chi connectivity index (χ0v) is 39.4. The van der Waals surface area contributed by atoms with Gasteiger partial charge in [0.2, 0.25) is 0 Å². The molecule has 0 heterocycles. The average molecular weight is 912 g/mol. The minimum absolute atomic E-state index is 0.527. The lowest BCUT2D eigenvalue weighted by molar-refractivity contribution is 0.794. The van der Waals surface area contributed by atoms with Gasteiger partial charge in [-0.3, -0.25) is 0 Å². The Labute approximate surface area is 419 Å². The van der Waals surface area contributed by atoms with E-state index in [1.54, 1.807) is 0 Å². The Morgan fingerprint density at radius 1 is 0.222 bits per heavy atom. The van der Waals surface area contributed by atoms with E-state index in [1.807, 2.05) is 0 Å². The SMILES string of the molecule is c1ccc(-c2ccccc2-c2ccc(N(c3ccc4c5ccccc5c5ccccc5c4c3)c3cc4c(cc3-c3cccc5ccccc35)-c3ccccc3C43c4ccccc4-c4ccccc43)cc2)cc1. The summed E-state index contributed by atoms with van der Waals surface area (Å²) < 4.78 is 0. The van der Waals surface area contributed by atoms with Gasteiger partial charge < -0.3 is 4.90 Å². The molecule has 0 amide bonds. The van der Waals surface area contributed by atoms with E-state index in [2.05, 4.69) is 278 Å². The summed E-state index contributed by atoms with van der Waals surface area (Å²) in [5.41, 5.74) is 20.4. The highest BCUT2D eigenvalue weighted by Crippen LogP contribution is 2.64. The highest BCUT2D eigenvalue weighted by atomic mass is 15.1. The van der Waals surface area contributed by atoms with Gasteiger partial charge in [-0.15, -0.1) is 0 Å². The van der Waals surface area contributed by atoms with Gasteiger partial charge in [-0.2, -0.15) is 0 Å². The van der Waals surface area contributed by atoms with Crippen molar-refractivity contribution in [1.29, 1.82) is 0 Å². The van der Waals surface area contributed by atoms with Crippen LogP contribution in [0.15, 0.2) is 273 Å². The standard InChI is InChI=1S/C71H45N/c1-2-19-46(20-3-1)51-23-6-7-24-52(51)48-37-39-49(40-38-48)72(50-41-42-59-57-28-9-8-26-55(57)56-27-10-11-29-58(56)63(59)43-50)70-45-69-64(44-65(70)54-33-18-22-47-21-4-5-25-53(47)54)62-32-14-17-36-68(62)71(69)66-34-15-12-30-60(66)61-31-13-16-35-67(61)71/h1-45H. The summed E-state index contributed by atoms with van der Waals surface area (Å²) in [6, 6.07) is 102. The zero-order chi connectivity index (χ0) is 47.3. The van der Waals surface area contributed by atoms with Gasteiger partial charge in [-0.25, -0.2) is 0 Å². The second-order valence-corrected chi connectivity index (χ2v) is 19.4. The summed E-state index contributed by atoms with van der Waals surface area (Å²) >= 11 is 0. The summed E-state index contributed by atoms with van der Waals surface area (Å²) in [5, 5.41) is 9.97. The van der Waals surface area contributed by atoms with E-state index in [0.717, 1.165) is 17.1 Å². The van der Waals surface area contributed by atoms with E-state index in [9.17, 15) is 0 Å². The molecule has 0 N–H and O–H groups in total. The van der Waals surface area contributed by atoms with Crippen molar-refractivity contribution in [2.45, 2.75) is 5.41 Å². The van der Waals surface area contributed by atoms with Crippen molar-refractivity contribution < 1.29 is 0 Å². The first-order valence-electron chi connectivity index (χ1n) is 25.1. The molecule has 0 radical (unpaired) electrons. The number of nitrogens with zero attached hydrogens (tertiary/aromatic N) is 1. The Morgan fingerprint density at radius 3 is 1.26 bits per heavy atom. The molecule has 0 unspecified atom stereocenters. The van der Waals surface area contributed by atoms with E-state index in [1.165, 1.54) is 121 Å². The van der Waals surface area contributed by atoms with Crippen LogP contribution < -0.4 is 4.90 Å². The van der Waals surface area contributed by atoms with Crippen LogP contribution in [0.25, 0.3) is 98.7 Å². The first-order valence-corrected chi connectivity index (χ1v) is 25.1. The van der Waals surface area contributed by atoms with E-state index in [0.29, 0.717) is 0 Å². The van der Waals surface area contributed by atoms with Crippen LogP contribution in [0.3, 0.4) is 0 Å². The van der Waals surface area contributed by atoms with Gasteiger partial charge in [0.25, 0.3) is 0 Å². The van der Waals surface area contributed by atoms with Gasteiger partial charge in [-0.1, -0.05) is 237 Å². The van der Waals surface area contributed by atoms with Crippen molar-refractivity contribution >= 4 is 60.2 Å². The maximum atomic E-state index is 2.58. The molecular formula is C71H45N. The molecule has 13 aromatic carbocycles. The first kappa shape index (κ1) is 40.6. The molecule has 0 aromatic heterocycles. The van der Waals surface area contributed by atoms with E-state index in [-0.39, 0.29) is 0 Å². The Bertz CT molecular complexity index is 4250. The fraction of sp³-hybridized carbons (Fsp3) is 0.0141. The van der Waals surface area contributed by atoms with Gasteiger partial charge in [0.05, 0.1) is 11.1 Å². The maximum Gasteiger partial charge on any atom is 0.0726 e. The van der Waals surface area contributed by atoms with Crippen molar-refractivity contribution in [2.24, 2.45) is 0 Å². The second kappa shape index (κ2) is 15.9. The third-order valence-electron chi connectivity index (χ3n) is 15.9. The summed E-state index contributed by atoms with van der Waals surface area (Å²) in [4.78, 5) is 2.55. The largest absolute Gasteiger partial charge is 0.310 e. The lowest BCUT2D eigenvalue weighted by atomic mass is 9.70. The smallest absolute Gasteiger partial charge is 0.0726 e. The Kier molecular flexibility index (Phi) is 8.94. The van der Waals surface area contributed by atoms with Gasteiger partial charge in [0.15, 0.2) is 0 Å². The van der Waals surface area contributed by atoms with Crippen LogP contribution in [0.5, 0.6) is 0 Å². The normalized spacial score (nSPS) is 12.8. The summed E-state index contributed by atoms with van der Waals surface area (Å²) in [6.07, 6.45) is 0. The predicted octanol–water partition coefficient (Wildman–Crippen LogP) is 19.1. The van der Waals surface area contributed by atoms with Crippen molar-refractivity contribution in [3.63, 3.8) is 0 Å². The number of anilines is 3. The molecule has 15 rings (SSSR count). The van der Waals surface area contributed by atoms with Crippen LogP contribution in [-0.2, 0) is 5.41 Å². The molecular weight excluding hydrogens is 867 g/mol. The molecule has 2 aliphatic rings. The number of benzene rings is 13. The molecule has 0 atom stereocenters. The van der Waals surface area contributed by atoms with Crippen molar-refractivity contribution in [2.75, 3.05) is 4.90 Å². The van der Waals surface area contributed by atoms with Crippen LogP contribution in [-0.4, -0.2) is 0 Å². The second-order valence-electron chi connectivity index (χ2n) is 19.4. The molecule has 1 heteroatoms. The minimum atomic E-state index is -0.527. The van der Waals surface area contributed by atoms with Crippen LogP contribution in [0.2, 0.25) is 0 Å². The zero-order valence-electron chi connectivity index (χ0n) is 39.4. The van der Waals surface area contributed by atoms with Crippen LogP contribution in [0.4, 0.5) is 17.1 Å². The third kappa shape index (κ3) is 5.83. The van der Waals surface area contributed by atoms with E-state index in [4.69, 9.17) is 0 Å². The van der Waals surface area contributed by atoms with Gasteiger partial charge >= 0.3 is 0 Å². The van der Waals surface area contributed by atoms with Gasteiger partial charge in [0.1, 0.15) is 0 Å².